The largest absolute Gasteiger partial charge is 0.468 e. The van der Waals surface area contributed by atoms with Gasteiger partial charge in [0.1, 0.15) is 5.56 Å². The Hall–Kier alpha value is -1.77. The molecule has 1 amide bonds. The molecule has 24 heavy (non-hydrogen) atoms. The smallest absolute Gasteiger partial charge is 0.422 e. The monoisotopic (exact) mass is 348 g/mol. The zero-order valence-corrected chi connectivity index (χ0v) is 13.9. The van der Waals surface area contributed by atoms with E-state index in [0.717, 1.165) is 26.1 Å². The zero-order chi connectivity index (χ0) is 17.7. The highest BCUT2D eigenvalue weighted by molar-refractivity contribution is 5.96. The number of nitrogens with zero attached hydrogens (tertiary/aromatic N) is 3. The highest BCUT2D eigenvalue weighted by atomic mass is 19.4. The molecule has 0 saturated carbocycles. The lowest BCUT2D eigenvalue weighted by atomic mass is 10.2. The summed E-state index contributed by atoms with van der Waals surface area (Å²) in [5.41, 5.74) is 0.0385. The van der Waals surface area contributed by atoms with Crippen molar-refractivity contribution in [3.05, 3.63) is 11.8 Å². The summed E-state index contributed by atoms with van der Waals surface area (Å²) in [4.78, 5) is 16.5. The Labute approximate surface area is 138 Å². The number of rotatable bonds is 5. The van der Waals surface area contributed by atoms with E-state index in [1.165, 1.54) is 6.20 Å². The number of ether oxygens (including phenoxy) is 1. The van der Waals surface area contributed by atoms with E-state index in [2.05, 4.69) is 33.7 Å². The molecule has 2 heterocycles. The molecule has 1 fully saturated rings. The molecule has 0 unspecified atom stereocenters. The third-order valence-corrected chi connectivity index (χ3v) is 3.71. The van der Waals surface area contributed by atoms with Crippen molar-refractivity contribution in [2.75, 3.05) is 39.3 Å². The Morgan fingerprint density at radius 3 is 2.75 bits per heavy atom. The first-order chi connectivity index (χ1) is 11.3. The molecule has 1 aromatic rings. The average molecular weight is 348 g/mol. The van der Waals surface area contributed by atoms with Gasteiger partial charge in [-0.25, -0.2) is 5.10 Å². The van der Waals surface area contributed by atoms with E-state index in [4.69, 9.17) is 0 Å². The molecule has 2 rings (SSSR count). The summed E-state index contributed by atoms with van der Waals surface area (Å²) in [5, 5.41) is 5.96. The van der Waals surface area contributed by atoms with Crippen LogP contribution in [-0.2, 0) is 0 Å². The second kappa shape index (κ2) is 7.87. The van der Waals surface area contributed by atoms with Gasteiger partial charge >= 0.3 is 6.18 Å². The topological polar surface area (TPSA) is 61.5 Å². The molecule has 0 spiro atoms. The maximum absolute atomic E-state index is 12.6. The van der Waals surface area contributed by atoms with E-state index in [0.29, 0.717) is 19.0 Å². The molecule has 0 aromatic carbocycles. The summed E-state index contributed by atoms with van der Waals surface area (Å²) in [5.74, 6) is -0.0450. The molecule has 1 saturated heterocycles. The van der Waals surface area contributed by atoms with E-state index in [9.17, 15) is 18.0 Å². The quantitative estimate of drug-likeness (QED) is 0.886. The van der Waals surface area contributed by atoms with Crippen molar-refractivity contribution in [2.24, 2.45) is 5.92 Å². The maximum Gasteiger partial charge on any atom is 0.422 e. The fourth-order valence-electron chi connectivity index (χ4n) is 2.73. The van der Waals surface area contributed by atoms with Gasteiger partial charge in [-0.2, -0.15) is 18.3 Å². The lowest BCUT2D eigenvalue weighted by molar-refractivity contribution is -0.154. The molecule has 1 aliphatic rings. The molecule has 1 aliphatic heterocycles. The number of halogens is 3. The van der Waals surface area contributed by atoms with Crippen LogP contribution in [0.2, 0.25) is 0 Å². The lowest BCUT2D eigenvalue weighted by Gasteiger charge is -2.23. The number of aromatic nitrogens is 2. The number of hydrogen-bond acceptors (Lipinski definition) is 4. The number of carbonyl (C=O) groups excluding carboxylic acids is 1. The van der Waals surface area contributed by atoms with Crippen molar-refractivity contribution in [1.29, 1.82) is 0 Å². The Morgan fingerprint density at radius 1 is 1.33 bits per heavy atom. The van der Waals surface area contributed by atoms with Gasteiger partial charge in [0.15, 0.2) is 6.61 Å². The third kappa shape index (κ3) is 5.40. The molecule has 1 N–H and O–H groups in total. The van der Waals surface area contributed by atoms with Crippen molar-refractivity contribution in [3.63, 3.8) is 0 Å². The molecular weight excluding hydrogens is 325 g/mol. The number of nitrogens with one attached hydrogen (secondary N) is 1. The Kier molecular flexibility index (Phi) is 6.09. The van der Waals surface area contributed by atoms with Crippen LogP contribution < -0.4 is 4.74 Å². The lowest BCUT2D eigenvalue weighted by Crippen LogP contribution is -2.36. The zero-order valence-electron chi connectivity index (χ0n) is 13.9. The van der Waals surface area contributed by atoms with Gasteiger partial charge in [0.05, 0.1) is 6.20 Å². The minimum atomic E-state index is -4.47. The van der Waals surface area contributed by atoms with Gasteiger partial charge in [0, 0.05) is 26.2 Å². The molecular formula is C15H23F3N4O2. The second-order valence-corrected chi connectivity index (χ2v) is 6.36. The van der Waals surface area contributed by atoms with Crippen molar-refractivity contribution in [3.8, 4) is 5.88 Å². The van der Waals surface area contributed by atoms with Crippen LogP contribution in [0.3, 0.4) is 0 Å². The predicted molar refractivity (Wildman–Crippen MR) is 81.9 cm³/mol. The first kappa shape index (κ1) is 18.6. The van der Waals surface area contributed by atoms with E-state index in [1.807, 2.05) is 0 Å². The van der Waals surface area contributed by atoms with E-state index in [1.54, 1.807) is 4.90 Å². The van der Waals surface area contributed by atoms with Gasteiger partial charge < -0.3 is 14.5 Å². The molecule has 0 atom stereocenters. The van der Waals surface area contributed by atoms with E-state index >= 15 is 0 Å². The van der Waals surface area contributed by atoms with Crippen LogP contribution in [0.1, 0.15) is 30.6 Å². The first-order valence-electron chi connectivity index (χ1n) is 8.01. The van der Waals surface area contributed by atoms with Gasteiger partial charge in [-0.05, 0) is 18.9 Å². The summed E-state index contributed by atoms with van der Waals surface area (Å²) in [6.45, 7) is 6.55. The minimum Gasteiger partial charge on any atom is -0.468 e. The van der Waals surface area contributed by atoms with Crippen LogP contribution in [0.4, 0.5) is 13.2 Å². The summed E-state index contributed by atoms with van der Waals surface area (Å²) in [6.07, 6.45) is -2.43. The highest BCUT2D eigenvalue weighted by Crippen LogP contribution is 2.21. The van der Waals surface area contributed by atoms with Gasteiger partial charge in [-0.1, -0.05) is 13.8 Å². The number of H-pyrrole nitrogens is 1. The molecule has 136 valence electrons. The average Bonchev–Trinajstić information content (AvgIpc) is 2.83. The minimum absolute atomic E-state index is 0.0385. The van der Waals surface area contributed by atoms with Crippen LogP contribution >= 0.6 is 0 Å². The summed E-state index contributed by atoms with van der Waals surface area (Å²) in [6, 6.07) is 0. The molecule has 6 nitrogen and oxygen atoms in total. The maximum atomic E-state index is 12.6. The predicted octanol–water partition coefficient (Wildman–Crippen LogP) is 2.15. The molecule has 0 radical (unpaired) electrons. The van der Waals surface area contributed by atoms with Gasteiger partial charge in [-0.15, -0.1) is 0 Å². The van der Waals surface area contributed by atoms with Crippen LogP contribution in [0, 0.1) is 5.92 Å². The summed E-state index contributed by atoms with van der Waals surface area (Å²) >= 11 is 0. The summed E-state index contributed by atoms with van der Waals surface area (Å²) < 4.78 is 41.5. The van der Waals surface area contributed by atoms with E-state index < -0.39 is 12.8 Å². The fraction of sp³-hybridized carbons (Fsp3) is 0.733. The Morgan fingerprint density at radius 2 is 2.08 bits per heavy atom. The van der Waals surface area contributed by atoms with Crippen LogP contribution in [0.5, 0.6) is 5.88 Å². The third-order valence-electron chi connectivity index (χ3n) is 3.71. The summed E-state index contributed by atoms with van der Waals surface area (Å²) in [7, 11) is 0. The van der Waals surface area contributed by atoms with Crippen LogP contribution in [-0.4, -0.2) is 71.4 Å². The van der Waals surface area contributed by atoms with Gasteiger partial charge in [0.2, 0.25) is 5.88 Å². The number of carbonyl (C=O) groups is 1. The SMILES string of the molecule is CC(C)CN1CCCN(C(=O)c2cn[nH]c2OCC(F)(F)F)CC1. The molecule has 9 heteroatoms. The van der Waals surface area contributed by atoms with Crippen molar-refractivity contribution >= 4 is 5.91 Å². The van der Waals surface area contributed by atoms with Crippen molar-refractivity contribution < 1.29 is 22.7 Å². The molecule has 0 aliphatic carbocycles. The molecule has 1 aromatic heterocycles. The van der Waals surface area contributed by atoms with Crippen molar-refractivity contribution in [1.82, 2.24) is 20.0 Å². The van der Waals surface area contributed by atoms with Gasteiger partial charge in [0.25, 0.3) is 5.91 Å². The van der Waals surface area contributed by atoms with E-state index in [-0.39, 0.29) is 17.4 Å². The molecule has 0 bridgehead atoms. The van der Waals surface area contributed by atoms with Crippen molar-refractivity contribution in [2.45, 2.75) is 26.4 Å². The second-order valence-electron chi connectivity index (χ2n) is 6.36. The Balaban J connectivity index is 1.98. The standard InChI is InChI=1S/C15H23F3N4O2/c1-11(2)9-21-4-3-5-22(7-6-21)14(23)12-8-19-20-13(12)24-10-15(16,17)18/h8,11H,3-7,9-10H2,1-2H3,(H,19,20). The number of aromatic amines is 1. The number of hydrogen-bond donors (Lipinski definition) is 1. The number of alkyl halides is 3. The van der Waals surface area contributed by atoms with Gasteiger partial charge in [-0.3, -0.25) is 4.79 Å². The number of amides is 1. The Bertz CT molecular complexity index is 545. The normalized spacial score (nSPS) is 17.2. The fourth-order valence-corrected chi connectivity index (χ4v) is 2.73. The highest BCUT2D eigenvalue weighted by Gasteiger charge is 2.31. The van der Waals surface area contributed by atoms with Crippen LogP contribution in [0.25, 0.3) is 0 Å². The first-order valence-corrected chi connectivity index (χ1v) is 8.01. The van der Waals surface area contributed by atoms with Crippen LogP contribution in [0.15, 0.2) is 6.20 Å².